The molecule has 0 aliphatic rings. The molecule has 3 rings (SSSR count). The first-order chi connectivity index (χ1) is 11.6. The number of amides is 2. The van der Waals surface area contributed by atoms with Crippen LogP contribution in [0.1, 0.15) is 23.1 Å². The minimum Gasteiger partial charge on any atom is -0.387 e. The van der Waals surface area contributed by atoms with Crippen molar-refractivity contribution < 1.29 is 14.4 Å². The molecule has 1 heterocycles. The maximum Gasteiger partial charge on any atom is 0.315 e. The van der Waals surface area contributed by atoms with Gasteiger partial charge in [-0.1, -0.05) is 41.6 Å². The lowest BCUT2D eigenvalue weighted by Gasteiger charge is -2.13. The van der Waals surface area contributed by atoms with E-state index in [1.54, 1.807) is 13.0 Å². The summed E-state index contributed by atoms with van der Waals surface area (Å²) in [7, 11) is 0. The van der Waals surface area contributed by atoms with Gasteiger partial charge in [0, 0.05) is 12.6 Å². The number of carbonyl (C=O) groups excluding carboxylic acids is 1. The van der Waals surface area contributed by atoms with Crippen molar-refractivity contribution in [2.75, 3.05) is 6.54 Å². The number of carbonyl (C=O) groups is 1. The largest absolute Gasteiger partial charge is 0.387 e. The Labute approximate surface area is 139 Å². The maximum absolute atomic E-state index is 11.8. The van der Waals surface area contributed by atoms with Crippen LogP contribution in [0.4, 0.5) is 4.79 Å². The first-order valence-corrected chi connectivity index (χ1v) is 7.72. The molecule has 0 aliphatic heterocycles. The molecule has 124 valence electrons. The lowest BCUT2D eigenvalue weighted by Crippen LogP contribution is -2.37. The van der Waals surface area contributed by atoms with Crippen LogP contribution in [0, 0.1) is 6.92 Å². The van der Waals surface area contributed by atoms with Gasteiger partial charge in [0.15, 0.2) is 0 Å². The van der Waals surface area contributed by atoms with Crippen LogP contribution in [0.3, 0.4) is 0 Å². The van der Waals surface area contributed by atoms with E-state index in [0.29, 0.717) is 11.5 Å². The lowest BCUT2D eigenvalue weighted by atomic mass is 10.0. The third kappa shape index (κ3) is 3.91. The summed E-state index contributed by atoms with van der Waals surface area (Å²) in [5, 5.41) is 21.5. The third-order valence-electron chi connectivity index (χ3n) is 3.72. The van der Waals surface area contributed by atoms with Crippen LogP contribution < -0.4 is 10.6 Å². The van der Waals surface area contributed by atoms with Gasteiger partial charge in [-0.3, -0.25) is 0 Å². The molecule has 6 nitrogen and oxygen atoms in total. The standard InChI is InChI=1S/C18H19N3O3/c1-12-8-16(21-24-12)10-19-18(23)20-11-17(22)15-7-6-13-4-2-3-5-14(13)9-15/h2-9,17,22H,10-11H2,1H3,(H2,19,20,23)/t17-/m1/s1. The Kier molecular flexibility index (Phi) is 4.77. The zero-order valence-electron chi connectivity index (χ0n) is 13.3. The monoisotopic (exact) mass is 325 g/mol. The summed E-state index contributed by atoms with van der Waals surface area (Å²) in [6, 6.07) is 15.1. The fraction of sp³-hybridized carbons (Fsp3) is 0.222. The number of rotatable bonds is 5. The number of aliphatic hydroxyl groups excluding tert-OH is 1. The smallest absolute Gasteiger partial charge is 0.315 e. The first kappa shape index (κ1) is 16.0. The third-order valence-corrected chi connectivity index (χ3v) is 3.72. The molecule has 0 saturated heterocycles. The second kappa shape index (κ2) is 7.14. The second-order valence-electron chi connectivity index (χ2n) is 5.61. The van der Waals surface area contributed by atoms with Gasteiger partial charge in [-0.2, -0.15) is 0 Å². The van der Waals surface area contributed by atoms with Gasteiger partial charge in [0.05, 0.1) is 12.6 Å². The highest BCUT2D eigenvalue weighted by atomic mass is 16.5. The van der Waals surface area contributed by atoms with Crippen LogP contribution in [0.5, 0.6) is 0 Å². The number of nitrogens with zero attached hydrogens (tertiary/aromatic N) is 1. The lowest BCUT2D eigenvalue weighted by molar-refractivity contribution is 0.173. The van der Waals surface area contributed by atoms with Crippen molar-refractivity contribution >= 4 is 16.8 Å². The van der Waals surface area contributed by atoms with E-state index in [2.05, 4.69) is 15.8 Å². The first-order valence-electron chi connectivity index (χ1n) is 7.72. The number of aromatic nitrogens is 1. The molecule has 3 N–H and O–H groups in total. The Bertz CT molecular complexity index is 844. The molecular weight excluding hydrogens is 306 g/mol. The Morgan fingerprint density at radius 3 is 2.71 bits per heavy atom. The second-order valence-corrected chi connectivity index (χ2v) is 5.61. The van der Waals surface area contributed by atoms with Crippen LogP contribution in [0.2, 0.25) is 0 Å². The molecule has 0 bridgehead atoms. The van der Waals surface area contributed by atoms with Gasteiger partial charge < -0.3 is 20.3 Å². The summed E-state index contributed by atoms with van der Waals surface area (Å²) in [6.45, 7) is 2.19. The summed E-state index contributed by atoms with van der Waals surface area (Å²) >= 11 is 0. The number of fused-ring (bicyclic) bond motifs is 1. The van der Waals surface area contributed by atoms with Gasteiger partial charge in [0.2, 0.25) is 0 Å². The molecule has 24 heavy (non-hydrogen) atoms. The van der Waals surface area contributed by atoms with E-state index in [1.165, 1.54) is 0 Å². The molecule has 0 fully saturated rings. The highest BCUT2D eigenvalue weighted by Crippen LogP contribution is 2.20. The molecule has 0 radical (unpaired) electrons. The Hall–Kier alpha value is -2.86. The van der Waals surface area contributed by atoms with E-state index in [4.69, 9.17) is 4.52 Å². The Balaban J connectivity index is 1.52. The van der Waals surface area contributed by atoms with E-state index in [9.17, 15) is 9.90 Å². The van der Waals surface area contributed by atoms with Crippen molar-refractivity contribution in [2.45, 2.75) is 19.6 Å². The molecule has 3 aromatic rings. The van der Waals surface area contributed by atoms with Crippen LogP contribution in [0.15, 0.2) is 53.1 Å². The Morgan fingerprint density at radius 2 is 1.96 bits per heavy atom. The van der Waals surface area contributed by atoms with E-state index in [-0.39, 0.29) is 19.1 Å². The molecule has 2 aromatic carbocycles. The van der Waals surface area contributed by atoms with Crippen LogP contribution in [-0.4, -0.2) is 22.8 Å². The minimum atomic E-state index is -0.769. The van der Waals surface area contributed by atoms with Crippen LogP contribution in [-0.2, 0) is 6.54 Å². The predicted molar refractivity (Wildman–Crippen MR) is 90.4 cm³/mol. The van der Waals surface area contributed by atoms with Crippen molar-refractivity contribution in [3.63, 3.8) is 0 Å². The molecule has 0 spiro atoms. The van der Waals surface area contributed by atoms with Crippen LogP contribution in [0.25, 0.3) is 10.8 Å². The van der Waals surface area contributed by atoms with Gasteiger partial charge >= 0.3 is 6.03 Å². The molecule has 2 amide bonds. The van der Waals surface area contributed by atoms with Crippen molar-refractivity contribution in [3.05, 3.63) is 65.5 Å². The number of aryl methyl sites for hydroxylation is 1. The molecule has 0 unspecified atom stereocenters. The topological polar surface area (TPSA) is 87.4 Å². The van der Waals surface area contributed by atoms with Crippen molar-refractivity contribution in [1.82, 2.24) is 15.8 Å². The van der Waals surface area contributed by atoms with Gasteiger partial charge in [-0.05, 0) is 29.3 Å². The van der Waals surface area contributed by atoms with Crippen molar-refractivity contribution in [3.8, 4) is 0 Å². The van der Waals surface area contributed by atoms with E-state index in [0.717, 1.165) is 16.3 Å². The Morgan fingerprint density at radius 1 is 1.17 bits per heavy atom. The highest BCUT2D eigenvalue weighted by Gasteiger charge is 2.10. The summed E-state index contributed by atoms with van der Waals surface area (Å²) in [5.41, 5.74) is 1.42. The molecular formula is C18H19N3O3. The SMILES string of the molecule is Cc1cc(CNC(=O)NC[C@@H](O)c2ccc3ccccc3c2)no1. The predicted octanol–water partition coefficient (Wildman–Crippen LogP) is 2.67. The molecule has 1 atom stereocenters. The number of aliphatic hydroxyl groups is 1. The van der Waals surface area contributed by atoms with E-state index in [1.807, 2.05) is 42.5 Å². The number of urea groups is 1. The van der Waals surface area contributed by atoms with Crippen molar-refractivity contribution in [2.24, 2.45) is 0 Å². The fourth-order valence-corrected chi connectivity index (χ4v) is 2.46. The molecule has 0 saturated carbocycles. The minimum absolute atomic E-state index is 0.127. The fourth-order valence-electron chi connectivity index (χ4n) is 2.46. The van der Waals surface area contributed by atoms with E-state index >= 15 is 0 Å². The van der Waals surface area contributed by atoms with Crippen LogP contribution >= 0.6 is 0 Å². The summed E-state index contributed by atoms with van der Waals surface area (Å²) in [6.07, 6.45) is -0.769. The maximum atomic E-state index is 11.8. The summed E-state index contributed by atoms with van der Waals surface area (Å²) < 4.78 is 4.93. The molecule has 6 heteroatoms. The van der Waals surface area contributed by atoms with Gasteiger partial charge in [0.25, 0.3) is 0 Å². The number of benzene rings is 2. The summed E-state index contributed by atoms with van der Waals surface area (Å²) in [4.78, 5) is 11.8. The number of nitrogens with one attached hydrogen (secondary N) is 2. The number of hydrogen-bond donors (Lipinski definition) is 3. The number of hydrogen-bond acceptors (Lipinski definition) is 4. The zero-order chi connectivity index (χ0) is 16.9. The normalized spacial score (nSPS) is 12.1. The average Bonchev–Trinajstić information content (AvgIpc) is 3.02. The van der Waals surface area contributed by atoms with Gasteiger partial charge in [-0.15, -0.1) is 0 Å². The molecule has 0 aliphatic carbocycles. The van der Waals surface area contributed by atoms with Gasteiger partial charge in [-0.25, -0.2) is 4.79 Å². The van der Waals surface area contributed by atoms with Crippen molar-refractivity contribution in [1.29, 1.82) is 0 Å². The average molecular weight is 325 g/mol. The zero-order valence-corrected chi connectivity index (χ0v) is 13.3. The quantitative estimate of drug-likeness (QED) is 0.673. The van der Waals surface area contributed by atoms with E-state index < -0.39 is 6.10 Å². The highest BCUT2D eigenvalue weighted by molar-refractivity contribution is 5.83. The van der Waals surface area contributed by atoms with Gasteiger partial charge in [0.1, 0.15) is 11.5 Å². The molecule has 1 aromatic heterocycles. The summed E-state index contributed by atoms with van der Waals surface area (Å²) in [5.74, 6) is 0.693.